The molecule has 18 heavy (non-hydrogen) atoms. The zero-order valence-electron chi connectivity index (χ0n) is 10.7. The zero-order valence-corrected chi connectivity index (χ0v) is 10.7. The van der Waals surface area contributed by atoms with E-state index in [9.17, 15) is 9.90 Å². The molecule has 4 nitrogen and oxygen atoms in total. The Hall–Kier alpha value is -1.55. The van der Waals surface area contributed by atoms with Gasteiger partial charge < -0.3 is 15.7 Å². The molecule has 1 aromatic carbocycles. The van der Waals surface area contributed by atoms with Gasteiger partial charge in [0.15, 0.2) is 0 Å². The summed E-state index contributed by atoms with van der Waals surface area (Å²) in [5.74, 6) is 0.360. The Bertz CT molecular complexity index is 432. The first-order chi connectivity index (χ1) is 8.70. The summed E-state index contributed by atoms with van der Waals surface area (Å²) in [6.45, 7) is 3.12. The van der Waals surface area contributed by atoms with Crippen molar-refractivity contribution in [1.29, 1.82) is 0 Å². The maximum Gasteiger partial charge on any atom is 0.233 e. The van der Waals surface area contributed by atoms with Crippen molar-refractivity contribution in [2.75, 3.05) is 13.1 Å². The highest BCUT2D eigenvalue weighted by Gasteiger charge is 2.22. The summed E-state index contributed by atoms with van der Waals surface area (Å²) in [7, 11) is 0. The lowest BCUT2D eigenvalue weighted by molar-refractivity contribution is -0.120. The van der Waals surface area contributed by atoms with Gasteiger partial charge >= 0.3 is 0 Å². The van der Waals surface area contributed by atoms with Gasteiger partial charge in [0.2, 0.25) is 5.91 Å². The molecule has 98 valence electrons. The van der Waals surface area contributed by atoms with Gasteiger partial charge in [-0.05, 0) is 42.5 Å². The third-order valence-corrected chi connectivity index (χ3v) is 3.29. The number of carbonyl (C=O) groups excluding carboxylic acids is 1. The molecular formula is C14H20N2O2. The van der Waals surface area contributed by atoms with Crippen LogP contribution < -0.4 is 10.6 Å². The minimum absolute atomic E-state index is 0.0454. The molecule has 0 radical (unpaired) electrons. The number of aryl methyl sites for hydroxylation is 1. The Morgan fingerprint density at radius 3 is 3.11 bits per heavy atom. The van der Waals surface area contributed by atoms with Gasteiger partial charge in [0.1, 0.15) is 5.75 Å². The molecule has 2 rings (SSSR count). The molecular weight excluding hydrogens is 228 g/mol. The zero-order chi connectivity index (χ0) is 13.0. The highest BCUT2D eigenvalue weighted by molar-refractivity contribution is 5.78. The summed E-state index contributed by atoms with van der Waals surface area (Å²) in [5, 5.41) is 15.5. The molecule has 0 aromatic heterocycles. The molecule has 1 unspecified atom stereocenters. The number of amides is 1. The van der Waals surface area contributed by atoms with Gasteiger partial charge in [0.25, 0.3) is 0 Å². The van der Waals surface area contributed by atoms with Crippen LogP contribution in [0.25, 0.3) is 0 Å². The number of hydrogen-bond donors (Lipinski definition) is 3. The second kappa shape index (κ2) is 5.87. The fourth-order valence-electron chi connectivity index (χ4n) is 2.36. The number of nitrogens with one attached hydrogen (secondary N) is 2. The summed E-state index contributed by atoms with van der Waals surface area (Å²) in [6.07, 6.45) is 2.90. The van der Waals surface area contributed by atoms with E-state index in [1.807, 2.05) is 19.1 Å². The number of phenols is 1. The lowest BCUT2D eigenvalue weighted by Crippen LogP contribution is -2.35. The van der Waals surface area contributed by atoms with Gasteiger partial charge in [-0.2, -0.15) is 0 Å². The number of phenolic OH excluding ortho intramolecular Hbond substituents is 1. The average Bonchev–Trinajstić information content (AvgIpc) is 2.76. The highest BCUT2D eigenvalue weighted by atomic mass is 16.3. The van der Waals surface area contributed by atoms with Crippen LogP contribution in [0.3, 0.4) is 0 Å². The maximum atomic E-state index is 11.5. The van der Waals surface area contributed by atoms with Gasteiger partial charge in [-0.15, -0.1) is 0 Å². The standard InChI is InChI=1S/C14H20N2O2/c1-2-7-15-14(18)9-16-13-6-3-10-8-11(17)4-5-12(10)13/h4-5,8,13,16-17H,2-3,6-7,9H2,1H3,(H,15,18). The molecule has 0 bridgehead atoms. The molecule has 0 saturated heterocycles. The summed E-state index contributed by atoms with van der Waals surface area (Å²) >= 11 is 0. The molecule has 0 heterocycles. The van der Waals surface area contributed by atoms with Crippen LogP contribution in [0, 0.1) is 0 Å². The lowest BCUT2D eigenvalue weighted by atomic mass is 10.1. The Morgan fingerprint density at radius 1 is 1.50 bits per heavy atom. The maximum absolute atomic E-state index is 11.5. The number of fused-ring (bicyclic) bond motifs is 1. The quantitative estimate of drug-likeness (QED) is 0.740. The van der Waals surface area contributed by atoms with E-state index in [4.69, 9.17) is 0 Å². The second-order valence-electron chi connectivity index (χ2n) is 4.71. The minimum atomic E-state index is 0.0454. The molecule has 1 amide bonds. The Morgan fingerprint density at radius 2 is 2.33 bits per heavy atom. The number of benzene rings is 1. The van der Waals surface area contributed by atoms with E-state index in [-0.39, 0.29) is 11.9 Å². The van der Waals surface area contributed by atoms with Crippen molar-refractivity contribution >= 4 is 5.91 Å². The van der Waals surface area contributed by atoms with Crippen molar-refractivity contribution in [3.63, 3.8) is 0 Å². The van der Waals surface area contributed by atoms with E-state index >= 15 is 0 Å². The monoisotopic (exact) mass is 248 g/mol. The molecule has 0 saturated carbocycles. The van der Waals surface area contributed by atoms with Crippen LogP contribution in [0.2, 0.25) is 0 Å². The van der Waals surface area contributed by atoms with E-state index in [1.165, 1.54) is 11.1 Å². The minimum Gasteiger partial charge on any atom is -0.508 e. The highest BCUT2D eigenvalue weighted by Crippen LogP contribution is 2.32. The van der Waals surface area contributed by atoms with Crippen LogP contribution >= 0.6 is 0 Å². The van der Waals surface area contributed by atoms with Crippen molar-refractivity contribution in [3.05, 3.63) is 29.3 Å². The summed E-state index contributed by atoms with van der Waals surface area (Å²) in [5.41, 5.74) is 2.39. The van der Waals surface area contributed by atoms with Crippen LogP contribution in [-0.4, -0.2) is 24.1 Å². The van der Waals surface area contributed by atoms with Crippen molar-refractivity contribution in [3.8, 4) is 5.75 Å². The normalized spacial score (nSPS) is 17.5. The molecule has 0 fully saturated rings. The SMILES string of the molecule is CCCNC(=O)CNC1CCc2cc(O)ccc21. The molecule has 4 heteroatoms. The van der Waals surface area contributed by atoms with Crippen molar-refractivity contribution in [2.45, 2.75) is 32.2 Å². The Kier molecular flexibility index (Phi) is 4.20. The van der Waals surface area contributed by atoms with E-state index in [0.717, 1.165) is 25.8 Å². The fraction of sp³-hybridized carbons (Fsp3) is 0.500. The summed E-state index contributed by atoms with van der Waals surface area (Å²) in [4.78, 5) is 11.5. The van der Waals surface area contributed by atoms with Crippen LogP contribution in [0.4, 0.5) is 0 Å². The van der Waals surface area contributed by atoms with Gasteiger partial charge in [0.05, 0.1) is 6.54 Å². The third-order valence-electron chi connectivity index (χ3n) is 3.29. The first-order valence-electron chi connectivity index (χ1n) is 6.52. The molecule has 3 N–H and O–H groups in total. The van der Waals surface area contributed by atoms with E-state index < -0.39 is 0 Å². The van der Waals surface area contributed by atoms with Crippen molar-refractivity contribution < 1.29 is 9.90 Å². The lowest BCUT2D eigenvalue weighted by Gasteiger charge is -2.13. The van der Waals surface area contributed by atoms with Gasteiger partial charge in [-0.1, -0.05) is 13.0 Å². The van der Waals surface area contributed by atoms with Crippen LogP contribution in [-0.2, 0) is 11.2 Å². The van der Waals surface area contributed by atoms with Crippen LogP contribution in [0.1, 0.15) is 36.9 Å². The number of carbonyl (C=O) groups is 1. The molecule has 1 aromatic rings. The molecule has 1 aliphatic carbocycles. The molecule has 0 aliphatic heterocycles. The molecule has 1 atom stereocenters. The summed E-state index contributed by atoms with van der Waals surface area (Å²) < 4.78 is 0. The van der Waals surface area contributed by atoms with E-state index in [2.05, 4.69) is 10.6 Å². The number of aromatic hydroxyl groups is 1. The smallest absolute Gasteiger partial charge is 0.233 e. The van der Waals surface area contributed by atoms with Crippen LogP contribution in [0.15, 0.2) is 18.2 Å². The van der Waals surface area contributed by atoms with E-state index in [0.29, 0.717) is 12.3 Å². The second-order valence-corrected chi connectivity index (χ2v) is 4.71. The van der Waals surface area contributed by atoms with Gasteiger partial charge in [0, 0.05) is 12.6 Å². The number of hydrogen-bond acceptors (Lipinski definition) is 3. The van der Waals surface area contributed by atoms with E-state index in [1.54, 1.807) is 6.07 Å². The fourth-order valence-corrected chi connectivity index (χ4v) is 2.36. The van der Waals surface area contributed by atoms with Crippen molar-refractivity contribution in [1.82, 2.24) is 10.6 Å². The first kappa shape index (κ1) is 12.9. The average molecular weight is 248 g/mol. The number of rotatable bonds is 5. The Labute approximate surface area is 107 Å². The third kappa shape index (κ3) is 3.01. The predicted octanol–water partition coefficient (Wildman–Crippen LogP) is 1.50. The first-order valence-corrected chi connectivity index (χ1v) is 6.52. The van der Waals surface area contributed by atoms with Gasteiger partial charge in [-0.3, -0.25) is 4.79 Å². The molecule has 1 aliphatic rings. The van der Waals surface area contributed by atoms with Crippen molar-refractivity contribution in [2.24, 2.45) is 0 Å². The van der Waals surface area contributed by atoms with Crippen LogP contribution in [0.5, 0.6) is 5.75 Å². The predicted molar refractivity (Wildman–Crippen MR) is 70.5 cm³/mol. The molecule has 0 spiro atoms. The topological polar surface area (TPSA) is 61.4 Å². The van der Waals surface area contributed by atoms with Gasteiger partial charge in [-0.25, -0.2) is 0 Å². The largest absolute Gasteiger partial charge is 0.508 e. The Balaban J connectivity index is 1.88. The summed E-state index contributed by atoms with van der Waals surface area (Å²) in [6, 6.07) is 5.69.